The number of halogens is 1. The first-order valence-corrected chi connectivity index (χ1v) is 7.50. The van der Waals surface area contributed by atoms with E-state index in [-0.39, 0.29) is 5.69 Å². The number of carboxylic acids is 1. The van der Waals surface area contributed by atoms with Crippen molar-refractivity contribution in [1.29, 1.82) is 0 Å². The number of anilines is 1. The van der Waals surface area contributed by atoms with Crippen LogP contribution in [0.15, 0.2) is 18.2 Å². The summed E-state index contributed by atoms with van der Waals surface area (Å²) in [7, 11) is -3.67. The Bertz CT molecular complexity index is 594. The van der Waals surface area contributed by atoms with Crippen LogP contribution in [0.1, 0.15) is 36.0 Å². The second-order valence-electron chi connectivity index (χ2n) is 4.52. The number of hydrogen-bond donors (Lipinski definition) is 2. The fourth-order valence-electron chi connectivity index (χ4n) is 2.26. The molecule has 1 fully saturated rings. The van der Waals surface area contributed by atoms with Crippen molar-refractivity contribution in [3.05, 3.63) is 29.6 Å². The van der Waals surface area contributed by atoms with Crippen LogP contribution in [0.25, 0.3) is 0 Å². The van der Waals surface area contributed by atoms with E-state index in [0.29, 0.717) is 12.8 Å². The quantitative estimate of drug-likeness (QED) is 0.889. The summed E-state index contributed by atoms with van der Waals surface area (Å²) in [6.07, 6.45) is 2.77. The average molecular weight is 287 g/mol. The van der Waals surface area contributed by atoms with E-state index in [1.807, 2.05) is 0 Å². The average Bonchev–Trinajstić information content (AvgIpc) is 2.81. The van der Waals surface area contributed by atoms with Gasteiger partial charge in [0.25, 0.3) is 0 Å². The Kier molecular flexibility index (Phi) is 3.75. The molecule has 1 aliphatic rings. The van der Waals surface area contributed by atoms with Crippen LogP contribution in [-0.4, -0.2) is 24.7 Å². The Morgan fingerprint density at radius 3 is 2.53 bits per heavy atom. The fraction of sp³-hybridized carbons (Fsp3) is 0.417. The van der Waals surface area contributed by atoms with E-state index in [4.69, 9.17) is 5.11 Å². The van der Waals surface area contributed by atoms with Gasteiger partial charge in [0, 0.05) is 0 Å². The van der Waals surface area contributed by atoms with E-state index in [1.54, 1.807) is 0 Å². The van der Waals surface area contributed by atoms with Gasteiger partial charge < -0.3 is 5.11 Å². The molecule has 0 atom stereocenters. The van der Waals surface area contributed by atoms with Crippen molar-refractivity contribution in [3.63, 3.8) is 0 Å². The summed E-state index contributed by atoms with van der Waals surface area (Å²) in [5.41, 5.74) is -0.872. The van der Waals surface area contributed by atoms with E-state index in [1.165, 1.54) is 12.1 Å². The maximum Gasteiger partial charge on any atom is 0.340 e. The van der Waals surface area contributed by atoms with Gasteiger partial charge in [0.2, 0.25) is 10.0 Å². The number of carboxylic acid groups (broad SMARTS) is 1. The van der Waals surface area contributed by atoms with Gasteiger partial charge in [-0.15, -0.1) is 0 Å². The van der Waals surface area contributed by atoms with E-state index in [0.717, 1.165) is 18.9 Å². The topological polar surface area (TPSA) is 83.5 Å². The molecule has 0 saturated heterocycles. The Morgan fingerprint density at radius 1 is 1.32 bits per heavy atom. The summed E-state index contributed by atoms with van der Waals surface area (Å²) in [6, 6.07) is 3.50. The maximum atomic E-state index is 13.4. The Hall–Kier alpha value is -1.63. The highest BCUT2D eigenvalue weighted by atomic mass is 32.2. The van der Waals surface area contributed by atoms with Gasteiger partial charge in [0.05, 0.1) is 10.9 Å². The molecule has 0 unspecified atom stereocenters. The van der Waals surface area contributed by atoms with Crippen LogP contribution in [0.3, 0.4) is 0 Å². The summed E-state index contributed by atoms with van der Waals surface area (Å²) in [5, 5.41) is 8.40. The number of rotatable bonds is 4. The van der Waals surface area contributed by atoms with Crippen LogP contribution in [0.2, 0.25) is 0 Å². The van der Waals surface area contributed by atoms with Crippen LogP contribution in [-0.2, 0) is 10.0 Å². The van der Waals surface area contributed by atoms with E-state index >= 15 is 0 Å². The predicted molar refractivity (Wildman–Crippen MR) is 68.2 cm³/mol. The molecule has 2 N–H and O–H groups in total. The van der Waals surface area contributed by atoms with Gasteiger partial charge in [-0.2, -0.15) is 0 Å². The highest BCUT2D eigenvalue weighted by Gasteiger charge is 2.30. The zero-order valence-electron chi connectivity index (χ0n) is 10.1. The number of nitrogens with one attached hydrogen (secondary N) is 1. The van der Waals surface area contributed by atoms with Gasteiger partial charge in [-0.1, -0.05) is 18.9 Å². The molecule has 0 spiro atoms. The molecular weight excluding hydrogens is 273 g/mol. The highest BCUT2D eigenvalue weighted by Crippen LogP contribution is 2.28. The molecule has 104 valence electrons. The number of sulfonamides is 1. The van der Waals surface area contributed by atoms with Crippen LogP contribution >= 0.6 is 0 Å². The van der Waals surface area contributed by atoms with Crippen LogP contribution in [0.5, 0.6) is 0 Å². The summed E-state index contributed by atoms with van der Waals surface area (Å²) in [5.74, 6) is -2.46. The van der Waals surface area contributed by atoms with Crippen LogP contribution in [0, 0.1) is 5.82 Å². The lowest BCUT2D eigenvalue weighted by Gasteiger charge is -2.15. The van der Waals surface area contributed by atoms with Gasteiger partial charge >= 0.3 is 5.97 Å². The maximum absolute atomic E-state index is 13.4. The molecule has 0 radical (unpaired) electrons. The second-order valence-corrected chi connectivity index (χ2v) is 6.48. The lowest BCUT2D eigenvalue weighted by Crippen LogP contribution is -2.26. The monoisotopic (exact) mass is 287 g/mol. The smallest absolute Gasteiger partial charge is 0.340 e. The van der Waals surface area contributed by atoms with Crippen molar-refractivity contribution in [2.24, 2.45) is 0 Å². The molecular formula is C12H14FNO4S. The summed E-state index contributed by atoms with van der Waals surface area (Å²) >= 11 is 0. The molecule has 0 amide bonds. The fourth-order valence-corrected chi connectivity index (χ4v) is 3.86. The van der Waals surface area contributed by atoms with Crippen molar-refractivity contribution in [1.82, 2.24) is 0 Å². The summed E-state index contributed by atoms with van der Waals surface area (Å²) in [4.78, 5) is 11.0. The predicted octanol–water partition coefficient (Wildman–Crippen LogP) is 2.21. The first-order valence-electron chi connectivity index (χ1n) is 5.95. The zero-order valence-corrected chi connectivity index (χ0v) is 10.9. The molecule has 2 rings (SSSR count). The normalized spacial score (nSPS) is 16.5. The lowest BCUT2D eigenvalue weighted by atomic mass is 10.2. The minimum Gasteiger partial charge on any atom is -0.478 e. The standard InChI is InChI=1S/C12H14FNO4S/c13-9-6-3-7-10(11(9)12(15)16)14-19(17,18)8-4-1-2-5-8/h3,6-8,14H,1-2,4-5H2,(H,15,16). The minimum atomic E-state index is -3.67. The van der Waals surface area contributed by atoms with Gasteiger partial charge in [0.1, 0.15) is 11.4 Å². The zero-order chi connectivity index (χ0) is 14.0. The third kappa shape index (κ3) is 2.86. The molecule has 1 aromatic carbocycles. The second kappa shape index (κ2) is 5.16. The number of carbonyl (C=O) groups is 1. The van der Waals surface area contributed by atoms with Crippen LogP contribution in [0.4, 0.5) is 10.1 Å². The van der Waals surface area contributed by atoms with Gasteiger partial charge in [-0.3, -0.25) is 4.72 Å². The summed E-state index contributed by atoms with van der Waals surface area (Å²) < 4.78 is 39.8. The highest BCUT2D eigenvalue weighted by molar-refractivity contribution is 7.93. The van der Waals surface area contributed by atoms with Gasteiger partial charge in [-0.05, 0) is 25.0 Å². The molecule has 5 nitrogen and oxygen atoms in total. The molecule has 19 heavy (non-hydrogen) atoms. The minimum absolute atomic E-state index is 0.223. The van der Waals surface area contributed by atoms with Crippen LogP contribution < -0.4 is 4.72 Å². The molecule has 0 bridgehead atoms. The summed E-state index contributed by atoms with van der Waals surface area (Å²) in [6.45, 7) is 0. The van der Waals surface area contributed by atoms with Crippen molar-refractivity contribution in [2.75, 3.05) is 4.72 Å². The Balaban J connectivity index is 2.33. The number of benzene rings is 1. The van der Waals surface area contributed by atoms with Crippen molar-refractivity contribution in [3.8, 4) is 0 Å². The van der Waals surface area contributed by atoms with Crippen molar-refractivity contribution in [2.45, 2.75) is 30.9 Å². The van der Waals surface area contributed by atoms with Gasteiger partial charge in [0.15, 0.2) is 0 Å². The van der Waals surface area contributed by atoms with E-state index in [9.17, 15) is 17.6 Å². The van der Waals surface area contributed by atoms with E-state index < -0.39 is 32.6 Å². The third-order valence-corrected chi connectivity index (χ3v) is 5.07. The van der Waals surface area contributed by atoms with Crippen molar-refractivity contribution < 1.29 is 22.7 Å². The molecule has 1 saturated carbocycles. The molecule has 0 heterocycles. The molecule has 1 aromatic rings. The first kappa shape index (κ1) is 13.8. The molecule has 0 aliphatic heterocycles. The SMILES string of the molecule is O=C(O)c1c(F)cccc1NS(=O)(=O)C1CCCC1. The largest absolute Gasteiger partial charge is 0.478 e. The lowest BCUT2D eigenvalue weighted by molar-refractivity contribution is 0.0693. The van der Waals surface area contributed by atoms with Gasteiger partial charge in [-0.25, -0.2) is 17.6 Å². The molecule has 1 aliphatic carbocycles. The number of aromatic carboxylic acids is 1. The van der Waals surface area contributed by atoms with E-state index in [2.05, 4.69) is 4.72 Å². The Morgan fingerprint density at radius 2 is 1.95 bits per heavy atom. The molecule has 7 heteroatoms. The third-order valence-electron chi connectivity index (χ3n) is 3.22. The number of hydrogen-bond acceptors (Lipinski definition) is 3. The van der Waals surface area contributed by atoms with Crippen molar-refractivity contribution >= 4 is 21.7 Å². The Labute approximate surface area is 110 Å². The first-order chi connectivity index (χ1) is 8.92. The molecule has 0 aromatic heterocycles.